The van der Waals surface area contributed by atoms with E-state index >= 15 is 0 Å². The molecule has 0 aromatic rings. The van der Waals surface area contributed by atoms with Gasteiger partial charge < -0.3 is 9.84 Å². The topological polar surface area (TPSA) is 63.6 Å². The lowest BCUT2D eigenvalue weighted by atomic mass is 9.70. The second kappa shape index (κ2) is 6.36. The Morgan fingerprint density at radius 2 is 2.05 bits per heavy atom. The fourth-order valence-corrected chi connectivity index (χ4v) is 2.35. The quantitative estimate of drug-likeness (QED) is 0.600. The number of ketones is 1. The fraction of sp³-hybridized carbons (Fsp3) is 0.833. The zero-order valence-corrected chi connectivity index (χ0v) is 10.5. The third-order valence-electron chi connectivity index (χ3n) is 3.36. The van der Waals surface area contributed by atoms with Gasteiger partial charge in [0.15, 0.2) is 0 Å². The van der Waals surface area contributed by atoms with E-state index in [0.29, 0.717) is 12.8 Å². The minimum Gasteiger partial charge on any atom is -0.480 e. The van der Waals surface area contributed by atoms with Crippen LogP contribution in [0.5, 0.6) is 0 Å². The average Bonchev–Trinajstić information content (AvgIpc) is 2.29. The summed E-state index contributed by atoms with van der Waals surface area (Å²) in [5.74, 6) is -1.49. The molecule has 4 nitrogen and oxygen atoms in total. The van der Waals surface area contributed by atoms with Crippen molar-refractivity contribution in [1.29, 1.82) is 0 Å². The van der Waals surface area contributed by atoms with Gasteiger partial charge in [0, 0.05) is 13.0 Å². The summed E-state index contributed by atoms with van der Waals surface area (Å²) in [7, 11) is 0. The Morgan fingerprint density at radius 1 is 1.37 bits per heavy atom. The molecule has 0 spiro atoms. The largest absolute Gasteiger partial charge is 0.480 e. The summed E-state index contributed by atoms with van der Waals surface area (Å²) in [6, 6.07) is 0. The van der Waals surface area contributed by atoms with Crippen LogP contribution < -0.4 is 0 Å². The summed E-state index contributed by atoms with van der Waals surface area (Å²) < 4.78 is 39.9. The van der Waals surface area contributed by atoms with Crippen LogP contribution in [0, 0.1) is 5.41 Å². The van der Waals surface area contributed by atoms with Gasteiger partial charge in [-0.05, 0) is 25.7 Å². The van der Waals surface area contributed by atoms with E-state index in [2.05, 4.69) is 4.74 Å². The smallest absolute Gasteiger partial charge is 0.411 e. The van der Waals surface area contributed by atoms with Crippen LogP contribution in [0.3, 0.4) is 0 Å². The molecule has 7 heteroatoms. The van der Waals surface area contributed by atoms with Crippen molar-refractivity contribution >= 4 is 11.8 Å². The zero-order chi connectivity index (χ0) is 14.5. The first-order valence-corrected chi connectivity index (χ1v) is 6.19. The maximum atomic E-state index is 11.8. The lowest BCUT2D eigenvalue weighted by molar-refractivity contribution is -0.175. The second-order valence-electron chi connectivity index (χ2n) is 4.79. The Morgan fingerprint density at radius 3 is 2.58 bits per heavy atom. The lowest BCUT2D eigenvalue weighted by Gasteiger charge is -2.31. The van der Waals surface area contributed by atoms with Gasteiger partial charge in [0.2, 0.25) is 0 Å². The van der Waals surface area contributed by atoms with Crippen LogP contribution in [0.15, 0.2) is 0 Å². The highest BCUT2D eigenvalue weighted by Gasteiger charge is 2.46. The molecule has 110 valence electrons. The molecule has 0 bridgehead atoms. The summed E-state index contributed by atoms with van der Waals surface area (Å²) >= 11 is 0. The van der Waals surface area contributed by atoms with Crippen molar-refractivity contribution in [3.8, 4) is 0 Å². The molecular formula is C12H17F3O4. The molecule has 1 N–H and O–H groups in total. The number of alkyl halides is 3. The van der Waals surface area contributed by atoms with Gasteiger partial charge in [-0.3, -0.25) is 9.59 Å². The number of hydrogen-bond acceptors (Lipinski definition) is 3. The highest BCUT2D eigenvalue weighted by atomic mass is 19.4. The van der Waals surface area contributed by atoms with Gasteiger partial charge in [0.05, 0.1) is 0 Å². The molecule has 1 atom stereocenters. The summed E-state index contributed by atoms with van der Waals surface area (Å²) in [6.45, 7) is -1.54. The fourth-order valence-electron chi connectivity index (χ4n) is 2.35. The first-order chi connectivity index (χ1) is 8.78. The van der Waals surface area contributed by atoms with Crippen molar-refractivity contribution in [3.63, 3.8) is 0 Å². The number of Topliss-reactive ketones (excluding diaryl/α,β-unsaturated/α-hetero) is 1. The van der Waals surface area contributed by atoms with Gasteiger partial charge in [-0.25, -0.2) is 0 Å². The molecular weight excluding hydrogens is 265 g/mol. The van der Waals surface area contributed by atoms with Gasteiger partial charge in [-0.15, -0.1) is 0 Å². The van der Waals surface area contributed by atoms with E-state index in [-0.39, 0.29) is 38.1 Å². The van der Waals surface area contributed by atoms with Crippen molar-refractivity contribution in [1.82, 2.24) is 0 Å². The normalized spacial score (nSPS) is 24.5. The molecule has 0 heterocycles. The maximum absolute atomic E-state index is 11.8. The molecule has 1 fully saturated rings. The molecule has 0 radical (unpaired) electrons. The number of carboxylic acids is 1. The summed E-state index contributed by atoms with van der Waals surface area (Å²) in [5.41, 5.74) is -1.42. The van der Waals surface area contributed by atoms with Crippen molar-refractivity contribution in [2.75, 3.05) is 13.2 Å². The van der Waals surface area contributed by atoms with E-state index < -0.39 is 24.2 Å². The predicted octanol–water partition coefficient (Wildman–Crippen LogP) is 2.56. The van der Waals surface area contributed by atoms with Crippen molar-refractivity contribution in [2.45, 2.75) is 44.7 Å². The zero-order valence-electron chi connectivity index (χ0n) is 10.5. The third kappa shape index (κ3) is 4.49. The van der Waals surface area contributed by atoms with Crippen molar-refractivity contribution in [2.24, 2.45) is 5.41 Å². The molecule has 1 aliphatic rings. The van der Waals surface area contributed by atoms with Crippen LogP contribution in [-0.4, -0.2) is 36.2 Å². The van der Waals surface area contributed by atoms with Crippen LogP contribution in [0.2, 0.25) is 0 Å². The molecule has 0 amide bonds. The summed E-state index contributed by atoms with van der Waals surface area (Å²) in [5, 5.41) is 9.20. The van der Waals surface area contributed by atoms with E-state index in [1.54, 1.807) is 0 Å². The molecule has 1 saturated carbocycles. The Labute approximate surface area is 108 Å². The predicted molar refractivity (Wildman–Crippen MR) is 59.7 cm³/mol. The minimum atomic E-state index is -4.38. The maximum Gasteiger partial charge on any atom is 0.411 e. The van der Waals surface area contributed by atoms with E-state index in [1.807, 2.05) is 0 Å². The number of aliphatic carboxylic acids is 1. The molecule has 0 aliphatic heterocycles. The summed E-state index contributed by atoms with van der Waals surface area (Å²) in [4.78, 5) is 23.0. The van der Waals surface area contributed by atoms with Gasteiger partial charge in [0.1, 0.15) is 17.8 Å². The minimum absolute atomic E-state index is 0.0407. The monoisotopic (exact) mass is 282 g/mol. The number of halogens is 3. The molecule has 0 aromatic carbocycles. The standard InChI is InChI=1S/C12H17F3O4/c13-12(14,15)8-19-7-3-6-11(10(17)18)5-2-1-4-9(11)16/h1-8H2,(H,17,18). The van der Waals surface area contributed by atoms with Gasteiger partial charge >= 0.3 is 12.1 Å². The number of ether oxygens (including phenoxy) is 1. The van der Waals surface area contributed by atoms with Crippen LogP contribution in [-0.2, 0) is 14.3 Å². The van der Waals surface area contributed by atoms with Crippen molar-refractivity contribution < 1.29 is 32.6 Å². The van der Waals surface area contributed by atoms with Gasteiger partial charge in [-0.2, -0.15) is 13.2 Å². The highest BCUT2D eigenvalue weighted by Crippen LogP contribution is 2.37. The number of carbonyl (C=O) groups is 2. The highest BCUT2D eigenvalue weighted by molar-refractivity contribution is 6.03. The molecule has 1 aliphatic carbocycles. The van der Waals surface area contributed by atoms with E-state index in [9.17, 15) is 27.9 Å². The number of carbonyl (C=O) groups excluding carboxylic acids is 1. The van der Waals surface area contributed by atoms with E-state index in [1.165, 1.54) is 0 Å². The first-order valence-electron chi connectivity index (χ1n) is 6.19. The van der Waals surface area contributed by atoms with E-state index in [0.717, 1.165) is 0 Å². The Balaban J connectivity index is 2.43. The number of rotatable bonds is 6. The SMILES string of the molecule is O=C(O)C1(CCCOCC(F)(F)F)CCCCC1=O. The molecule has 19 heavy (non-hydrogen) atoms. The lowest BCUT2D eigenvalue weighted by Crippen LogP contribution is -2.41. The van der Waals surface area contributed by atoms with Crippen LogP contribution >= 0.6 is 0 Å². The van der Waals surface area contributed by atoms with Crippen LogP contribution in [0.25, 0.3) is 0 Å². The molecule has 1 rings (SSSR count). The Kier molecular flexibility index (Phi) is 5.34. The molecule has 0 saturated heterocycles. The second-order valence-corrected chi connectivity index (χ2v) is 4.79. The van der Waals surface area contributed by atoms with Crippen LogP contribution in [0.1, 0.15) is 38.5 Å². The number of hydrogen-bond donors (Lipinski definition) is 1. The first kappa shape index (κ1) is 15.9. The van der Waals surface area contributed by atoms with Crippen LogP contribution in [0.4, 0.5) is 13.2 Å². The average molecular weight is 282 g/mol. The molecule has 0 aromatic heterocycles. The van der Waals surface area contributed by atoms with Gasteiger partial charge in [0.25, 0.3) is 0 Å². The Hall–Kier alpha value is -1.11. The van der Waals surface area contributed by atoms with Gasteiger partial charge in [-0.1, -0.05) is 6.42 Å². The van der Waals surface area contributed by atoms with E-state index in [4.69, 9.17) is 0 Å². The summed E-state index contributed by atoms with van der Waals surface area (Å²) in [6.07, 6.45) is -2.38. The molecule has 1 unspecified atom stereocenters. The Bertz CT molecular complexity index is 340. The number of carboxylic acid groups (broad SMARTS) is 1. The third-order valence-corrected chi connectivity index (χ3v) is 3.36. The van der Waals surface area contributed by atoms with Crippen molar-refractivity contribution in [3.05, 3.63) is 0 Å².